The van der Waals surface area contributed by atoms with Crippen molar-refractivity contribution in [1.29, 1.82) is 0 Å². The van der Waals surface area contributed by atoms with Crippen LogP contribution in [0.25, 0.3) is 10.9 Å². The van der Waals surface area contributed by atoms with Gasteiger partial charge in [0.05, 0.1) is 18.1 Å². The van der Waals surface area contributed by atoms with E-state index in [2.05, 4.69) is 4.72 Å². The molecule has 0 aliphatic heterocycles. The number of rotatable bonds is 6. The first-order valence-corrected chi connectivity index (χ1v) is 9.67. The number of fused-ring (bicyclic) bond motifs is 1. The summed E-state index contributed by atoms with van der Waals surface area (Å²) in [5, 5.41) is 11.4. The van der Waals surface area contributed by atoms with Crippen LogP contribution in [0.4, 0.5) is 0 Å². The highest BCUT2D eigenvalue weighted by molar-refractivity contribution is 7.89. The molecule has 0 amide bonds. The van der Waals surface area contributed by atoms with E-state index in [9.17, 15) is 13.5 Å². The smallest absolute Gasteiger partial charge is 0.240 e. The Bertz CT molecular complexity index is 1040. The SMILES string of the molecule is COc1ccc(S(=O)(=O)NCC(O)c2ccc3c(ccn3C)c2)c(C)c1. The molecule has 1 aromatic heterocycles. The summed E-state index contributed by atoms with van der Waals surface area (Å²) in [7, 11) is -0.250. The molecule has 6 nitrogen and oxygen atoms in total. The Morgan fingerprint density at radius 2 is 1.96 bits per heavy atom. The van der Waals surface area contributed by atoms with Crippen LogP contribution in [-0.2, 0) is 17.1 Å². The predicted octanol–water partition coefficient (Wildman–Crippen LogP) is 2.51. The molecular formula is C19H22N2O4S. The van der Waals surface area contributed by atoms with Crippen molar-refractivity contribution in [2.45, 2.75) is 17.9 Å². The Morgan fingerprint density at radius 3 is 2.65 bits per heavy atom. The van der Waals surface area contributed by atoms with Gasteiger partial charge in [-0.2, -0.15) is 0 Å². The molecule has 0 saturated carbocycles. The molecule has 0 saturated heterocycles. The fourth-order valence-corrected chi connectivity index (χ4v) is 4.20. The second-order valence-corrected chi connectivity index (χ2v) is 7.98. The van der Waals surface area contributed by atoms with E-state index in [4.69, 9.17) is 4.74 Å². The minimum Gasteiger partial charge on any atom is -0.497 e. The molecule has 0 spiro atoms. The normalized spacial score (nSPS) is 13.1. The summed E-state index contributed by atoms with van der Waals surface area (Å²) in [5.41, 5.74) is 2.30. The van der Waals surface area contributed by atoms with Crippen molar-refractivity contribution < 1.29 is 18.3 Å². The average molecular weight is 374 g/mol. The largest absolute Gasteiger partial charge is 0.497 e. The summed E-state index contributed by atoms with van der Waals surface area (Å²) in [4.78, 5) is 0.170. The van der Waals surface area contributed by atoms with Crippen molar-refractivity contribution in [3.8, 4) is 5.75 Å². The number of aliphatic hydroxyl groups is 1. The zero-order valence-corrected chi connectivity index (χ0v) is 15.7. The van der Waals surface area contributed by atoms with Gasteiger partial charge in [-0.1, -0.05) is 6.07 Å². The number of ether oxygens (including phenoxy) is 1. The molecule has 1 heterocycles. The number of benzene rings is 2. The summed E-state index contributed by atoms with van der Waals surface area (Å²) in [6, 6.07) is 12.3. The Hall–Kier alpha value is -2.35. The van der Waals surface area contributed by atoms with E-state index in [1.54, 1.807) is 25.1 Å². The number of hydrogen-bond acceptors (Lipinski definition) is 4. The van der Waals surface area contributed by atoms with Gasteiger partial charge in [-0.3, -0.25) is 0 Å². The van der Waals surface area contributed by atoms with Crippen molar-refractivity contribution in [3.63, 3.8) is 0 Å². The van der Waals surface area contributed by atoms with Gasteiger partial charge in [0, 0.05) is 25.3 Å². The number of aryl methyl sites for hydroxylation is 2. The topological polar surface area (TPSA) is 80.6 Å². The maximum absolute atomic E-state index is 12.5. The molecule has 1 unspecified atom stereocenters. The van der Waals surface area contributed by atoms with E-state index in [1.165, 1.54) is 13.2 Å². The molecule has 0 fully saturated rings. The van der Waals surface area contributed by atoms with Gasteiger partial charge in [0.25, 0.3) is 0 Å². The molecular weight excluding hydrogens is 352 g/mol. The molecule has 138 valence electrons. The number of nitrogens with one attached hydrogen (secondary N) is 1. The van der Waals surface area contributed by atoms with Gasteiger partial charge in [-0.15, -0.1) is 0 Å². The van der Waals surface area contributed by atoms with Gasteiger partial charge >= 0.3 is 0 Å². The monoisotopic (exact) mass is 374 g/mol. The fraction of sp³-hybridized carbons (Fsp3) is 0.263. The van der Waals surface area contributed by atoms with Gasteiger partial charge in [-0.05, 0) is 59.8 Å². The average Bonchev–Trinajstić information content (AvgIpc) is 2.99. The number of sulfonamides is 1. The summed E-state index contributed by atoms with van der Waals surface area (Å²) < 4.78 is 34.6. The molecule has 3 aromatic rings. The third kappa shape index (κ3) is 3.60. The quantitative estimate of drug-likeness (QED) is 0.695. The van der Waals surface area contributed by atoms with Gasteiger partial charge in [0.15, 0.2) is 0 Å². The lowest BCUT2D eigenvalue weighted by atomic mass is 10.1. The lowest BCUT2D eigenvalue weighted by Gasteiger charge is -2.14. The van der Waals surface area contributed by atoms with E-state index in [-0.39, 0.29) is 11.4 Å². The summed E-state index contributed by atoms with van der Waals surface area (Å²) in [6.07, 6.45) is 1.00. The third-order valence-electron chi connectivity index (χ3n) is 4.43. The zero-order valence-electron chi connectivity index (χ0n) is 14.9. The van der Waals surface area contributed by atoms with Gasteiger partial charge < -0.3 is 14.4 Å². The van der Waals surface area contributed by atoms with Gasteiger partial charge in [0.1, 0.15) is 5.75 Å². The molecule has 7 heteroatoms. The maximum Gasteiger partial charge on any atom is 0.240 e. The van der Waals surface area contributed by atoms with Crippen molar-refractivity contribution in [1.82, 2.24) is 9.29 Å². The molecule has 26 heavy (non-hydrogen) atoms. The molecule has 0 bridgehead atoms. The molecule has 3 rings (SSSR count). The first-order valence-electron chi connectivity index (χ1n) is 8.19. The first-order chi connectivity index (χ1) is 12.3. The summed E-state index contributed by atoms with van der Waals surface area (Å²) in [5.74, 6) is 0.595. The Labute approximate surface area is 153 Å². The summed E-state index contributed by atoms with van der Waals surface area (Å²) >= 11 is 0. The minimum atomic E-state index is -3.73. The van der Waals surface area contributed by atoms with Crippen molar-refractivity contribution in [2.75, 3.05) is 13.7 Å². The third-order valence-corrected chi connectivity index (χ3v) is 6.02. The molecule has 0 aliphatic carbocycles. The number of aromatic nitrogens is 1. The number of nitrogens with zero attached hydrogens (tertiary/aromatic N) is 1. The van der Waals surface area contributed by atoms with Crippen LogP contribution in [-0.4, -0.2) is 31.7 Å². The lowest BCUT2D eigenvalue weighted by molar-refractivity contribution is 0.182. The van der Waals surface area contributed by atoms with E-state index in [1.807, 2.05) is 36.0 Å². The second-order valence-electron chi connectivity index (χ2n) is 6.24. The Morgan fingerprint density at radius 1 is 1.19 bits per heavy atom. The molecule has 0 radical (unpaired) electrons. The van der Waals surface area contributed by atoms with Gasteiger partial charge in [0.2, 0.25) is 10.0 Å². The zero-order chi connectivity index (χ0) is 18.9. The van der Waals surface area contributed by atoms with Gasteiger partial charge in [-0.25, -0.2) is 13.1 Å². The van der Waals surface area contributed by atoms with Crippen LogP contribution in [0.3, 0.4) is 0 Å². The van der Waals surface area contributed by atoms with Crippen LogP contribution in [0.5, 0.6) is 5.75 Å². The van der Waals surface area contributed by atoms with Crippen LogP contribution in [0.1, 0.15) is 17.2 Å². The highest BCUT2D eigenvalue weighted by Crippen LogP contribution is 2.23. The number of methoxy groups -OCH3 is 1. The van der Waals surface area contributed by atoms with Crippen LogP contribution >= 0.6 is 0 Å². The highest BCUT2D eigenvalue weighted by Gasteiger charge is 2.19. The highest BCUT2D eigenvalue weighted by atomic mass is 32.2. The Kier molecular flexibility index (Phi) is 5.04. The van der Waals surface area contributed by atoms with Crippen LogP contribution in [0.15, 0.2) is 53.6 Å². The second kappa shape index (κ2) is 7.11. The van der Waals surface area contributed by atoms with Crippen molar-refractivity contribution in [3.05, 3.63) is 59.8 Å². The molecule has 2 aromatic carbocycles. The maximum atomic E-state index is 12.5. The van der Waals surface area contributed by atoms with E-state index < -0.39 is 16.1 Å². The molecule has 0 aliphatic rings. The predicted molar refractivity (Wildman–Crippen MR) is 101 cm³/mol. The standard InChI is InChI=1S/C19H22N2O4S/c1-13-10-16(25-3)5-7-19(13)26(23,24)20-12-18(22)15-4-6-17-14(11-15)8-9-21(17)2/h4-11,18,20,22H,12H2,1-3H3. The van der Waals surface area contributed by atoms with Crippen LogP contribution in [0.2, 0.25) is 0 Å². The number of hydrogen-bond donors (Lipinski definition) is 2. The van der Waals surface area contributed by atoms with E-state index in [0.29, 0.717) is 16.9 Å². The number of aliphatic hydroxyl groups excluding tert-OH is 1. The first kappa shape index (κ1) is 18.4. The van der Waals surface area contributed by atoms with Crippen LogP contribution in [0, 0.1) is 6.92 Å². The molecule has 2 N–H and O–H groups in total. The van der Waals surface area contributed by atoms with Crippen LogP contribution < -0.4 is 9.46 Å². The van der Waals surface area contributed by atoms with Crippen molar-refractivity contribution >= 4 is 20.9 Å². The van der Waals surface area contributed by atoms with Crippen molar-refractivity contribution in [2.24, 2.45) is 7.05 Å². The molecule has 1 atom stereocenters. The summed E-state index contributed by atoms with van der Waals surface area (Å²) in [6.45, 7) is 1.60. The van der Waals surface area contributed by atoms with E-state index in [0.717, 1.165) is 10.9 Å². The fourth-order valence-electron chi connectivity index (χ4n) is 2.94. The minimum absolute atomic E-state index is 0.105. The lowest BCUT2D eigenvalue weighted by Crippen LogP contribution is -2.29. The van der Waals surface area contributed by atoms with E-state index >= 15 is 0 Å². The Balaban J connectivity index is 1.75.